The summed E-state index contributed by atoms with van der Waals surface area (Å²) in [6, 6.07) is 0. The molecule has 1 fully saturated rings. The third-order valence-electron chi connectivity index (χ3n) is 4.10. The summed E-state index contributed by atoms with van der Waals surface area (Å²) in [6.07, 6.45) is 9.17. The number of nitrogens with one attached hydrogen (secondary N) is 1. The molecule has 0 unspecified atom stereocenters. The Morgan fingerprint density at radius 2 is 2.00 bits per heavy atom. The number of hydrogen-bond acceptors (Lipinski definition) is 2. The first-order chi connectivity index (χ1) is 7.49. The zero-order valence-corrected chi connectivity index (χ0v) is 11.3. The van der Waals surface area contributed by atoms with Gasteiger partial charge in [0.25, 0.3) is 0 Å². The van der Waals surface area contributed by atoms with Crippen molar-refractivity contribution in [3.05, 3.63) is 0 Å². The van der Waals surface area contributed by atoms with Crippen LogP contribution in [0.5, 0.6) is 0 Å². The van der Waals surface area contributed by atoms with Crippen LogP contribution in [0.15, 0.2) is 0 Å². The Morgan fingerprint density at radius 1 is 1.38 bits per heavy atom. The molecule has 0 aromatic heterocycles. The molecule has 1 aliphatic rings. The smallest absolute Gasteiger partial charge is 0.0766 e. The second-order valence-electron chi connectivity index (χ2n) is 5.39. The number of terminal acetylenes is 1. The Labute approximate surface area is 101 Å². The summed E-state index contributed by atoms with van der Waals surface area (Å²) in [7, 11) is 0. The van der Waals surface area contributed by atoms with Gasteiger partial charge in [-0.2, -0.15) is 0 Å². The first kappa shape index (κ1) is 13.5. The number of rotatable bonds is 3. The van der Waals surface area contributed by atoms with Crippen molar-refractivity contribution in [2.75, 3.05) is 19.6 Å². The fourth-order valence-electron chi connectivity index (χ4n) is 2.42. The van der Waals surface area contributed by atoms with Gasteiger partial charge >= 0.3 is 0 Å². The van der Waals surface area contributed by atoms with E-state index in [0.717, 1.165) is 19.6 Å². The molecule has 92 valence electrons. The van der Waals surface area contributed by atoms with Gasteiger partial charge in [0, 0.05) is 18.6 Å². The van der Waals surface area contributed by atoms with Crippen LogP contribution in [-0.4, -0.2) is 35.6 Å². The van der Waals surface area contributed by atoms with Crippen LogP contribution in [0.1, 0.15) is 47.0 Å². The molecule has 0 aromatic rings. The van der Waals surface area contributed by atoms with Crippen LogP contribution in [-0.2, 0) is 0 Å². The predicted molar refractivity (Wildman–Crippen MR) is 70.4 cm³/mol. The van der Waals surface area contributed by atoms with E-state index in [1.54, 1.807) is 0 Å². The number of hydrogen-bond donors (Lipinski definition) is 1. The van der Waals surface area contributed by atoms with Gasteiger partial charge in [0.05, 0.1) is 5.54 Å². The maximum absolute atomic E-state index is 5.65. The topological polar surface area (TPSA) is 15.3 Å². The van der Waals surface area contributed by atoms with Crippen LogP contribution < -0.4 is 5.32 Å². The molecule has 1 N–H and O–H groups in total. The van der Waals surface area contributed by atoms with E-state index in [9.17, 15) is 0 Å². The van der Waals surface area contributed by atoms with E-state index in [1.807, 2.05) is 0 Å². The van der Waals surface area contributed by atoms with Crippen molar-refractivity contribution in [3.63, 3.8) is 0 Å². The second kappa shape index (κ2) is 5.21. The van der Waals surface area contributed by atoms with Crippen LogP contribution >= 0.6 is 0 Å². The summed E-state index contributed by atoms with van der Waals surface area (Å²) >= 11 is 0. The van der Waals surface area contributed by atoms with Gasteiger partial charge in [-0.3, -0.25) is 4.90 Å². The van der Waals surface area contributed by atoms with E-state index >= 15 is 0 Å². The van der Waals surface area contributed by atoms with Crippen LogP contribution in [0.2, 0.25) is 0 Å². The lowest BCUT2D eigenvalue weighted by Gasteiger charge is -2.41. The quantitative estimate of drug-likeness (QED) is 0.737. The molecular weight excluding hydrogens is 196 g/mol. The summed E-state index contributed by atoms with van der Waals surface area (Å²) in [6.45, 7) is 12.1. The van der Waals surface area contributed by atoms with Crippen molar-refractivity contribution in [3.8, 4) is 12.3 Å². The standard InChI is InChI=1S/C14H26N2/c1-6-13(4,5)16-11-9-10-15-14(7-2,8-3)12-16/h1,15H,7-12H2,2-5H3. The highest BCUT2D eigenvalue weighted by atomic mass is 15.2. The first-order valence-corrected chi connectivity index (χ1v) is 6.47. The largest absolute Gasteiger partial charge is 0.310 e. The SMILES string of the molecule is C#CC(C)(C)N1CCCNC(CC)(CC)C1. The van der Waals surface area contributed by atoms with Gasteiger partial charge in [-0.25, -0.2) is 0 Å². The lowest BCUT2D eigenvalue weighted by Crippen LogP contribution is -2.55. The lowest BCUT2D eigenvalue weighted by molar-refractivity contribution is 0.128. The fraction of sp³-hybridized carbons (Fsp3) is 0.857. The highest BCUT2D eigenvalue weighted by Crippen LogP contribution is 2.24. The first-order valence-electron chi connectivity index (χ1n) is 6.47. The molecule has 0 aliphatic carbocycles. The average molecular weight is 222 g/mol. The van der Waals surface area contributed by atoms with Crippen molar-refractivity contribution >= 4 is 0 Å². The maximum Gasteiger partial charge on any atom is 0.0766 e. The third kappa shape index (κ3) is 2.78. The molecule has 0 saturated carbocycles. The van der Waals surface area contributed by atoms with Gasteiger partial charge in [0.1, 0.15) is 0 Å². The Bertz CT molecular complexity index is 258. The molecule has 1 rings (SSSR count). The van der Waals surface area contributed by atoms with E-state index in [1.165, 1.54) is 19.3 Å². The zero-order valence-electron chi connectivity index (χ0n) is 11.3. The van der Waals surface area contributed by atoms with Crippen molar-refractivity contribution < 1.29 is 0 Å². The molecule has 0 bridgehead atoms. The summed E-state index contributed by atoms with van der Waals surface area (Å²) in [5.41, 5.74) is 0.131. The van der Waals surface area contributed by atoms with Crippen LogP contribution in [0, 0.1) is 12.3 Å². The molecule has 1 aliphatic heterocycles. The molecule has 1 saturated heterocycles. The molecule has 2 nitrogen and oxygen atoms in total. The fourth-order valence-corrected chi connectivity index (χ4v) is 2.42. The molecule has 1 heterocycles. The molecule has 0 aromatic carbocycles. The predicted octanol–water partition coefficient (Wildman–Crippen LogP) is 2.25. The van der Waals surface area contributed by atoms with Crippen molar-refractivity contribution in [1.82, 2.24) is 10.2 Å². The van der Waals surface area contributed by atoms with Gasteiger partial charge in [0.2, 0.25) is 0 Å². The summed E-state index contributed by atoms with van der Waals surface area (Å²) in [5, 5.41) is 3.71. The van der Waals surface area contributed by atoms with Crippen LogP contribution in [0.25, 0.3) is 0 Å². The van der Waals surface area contributed by atoms with Gasteiger partial charge in [-0.05, 0) is 39.7 Å². The molecular formula is C14H26N2. The normalized spacial score (nSPS) is 22.4. The summed E-state index contributed by atoms with van der Waals surface area (Å²) < 4.78 is 0. The molecule has 2 heteroatoms. The van der Waals surface area contributed by atoms with Crippen molar-refractivity contribution in [2.24, 2.45) is 0 Å². The van der Waals surface area contributed by atoms with Crippen molar-refractivity contribution in [2.45, 2.75) is 58.0 Å². The third-order valence-corrected chi connectivity index (χ3v) is 4.10. The maximum atomic E-state index is 5.65. The van der Waals surface area contributed by atoms with E-state index in [2.05, 4.69) is 43.8 Å². The Balaban J connectivity index is 2.85. The van der Waals surface area contributed by atoms with Gasteiger partial charge < -0.3 is 5.32 Å². The number of nitrogens with zero attached hydrogens (tertiary/aromatic N) is 1. The lowest BCUT2D eigenvalue weighted by atomic mass is 9.90. The van der Waals surface area contributed by atoms with E-state index in [4.69, 9.17) is 6.42 Å². The average Bonchev–Trinajstić information content (AvgIpc) is 2.52. The summed E-state index contributed by atoms with van der Waals surface area (Å²) in [5.74, 6) is 2.92. The van der Waals surface area contributed by atoms with E-state index in [0.29, 0.717) is 0 Å². The van der Waals surface area contributed by atoms with Gasteiger partial charge in [-0.15, -0.1) is 6.42 Å². The highest BCUT2D eigenvalue weighted by molar-refractivity contribution is 5.10. The molecule has 0 spiro atoms. The van der Waals surface area contributed by atoms with E-state index < -0.39 is 0 Å². The molecule has 0 radical (unpaired) electrons. The van der Waals surface area contributed by atoms with Gasteiger partial charge in [-0.1, -0.05) is 19.8 Å². The second-order valence-corrected chi connectivity index (χ2v) is 5.39. The highest BCUT2D eigenvalue weighted by Gasteiger charge is 2.35. The summed E-state index contributed by atoms with van der Waals surface area (Å²) in [4.78, 5) is 2.46. The minimum atomic E-state index is -0.123. The van der Waals surface area contributed by atoms with Gasteiger partial charge in [0.15, 0.2) is 0 Å². The van der Waals surface area contributed by atoms with Crippen LogP contribution in [0.4, 0.5) is 0 Å². The Morgan fingerprint density at radius 3 is 2.50 bits per heavy atom. The minimum Gasteiger partial charge on any atom is -0.310 e. The zero-order chi connectivity index (χ0) is 12.2. The Kier molecular flexibility index (Phi) is 4.41. The molecule has 0 amide bonds. The van der Waals surface area contributed by atoms with Crippen LogP contribution in [0.3, 0.4) is 0 Å². The monoisotopic (exact) mass is 222 g/mol. The minimum absolute atomic E-state index is 0.123. The molecule has 0 atom stereocenters. The van der Waals surface area contributed by atoms with Crippen molar-refractivity contribution in [1.29, 1.82) is 0 Å². The Hall–Kier alpha value is -0.520. The van der Waals surface area contributed by atoms with E-state index in [-0.39, 0.29) is 11.1 Å². The molecule has 16 heavy (non-hydrogen) atoms.